The Bertz CT molecular complexity index is 642. The van der Waals surface area contributed by atoms with Crippen molar-refractivity contribution in [3.8, 4) is 0 Å². The van der Waals surface area contributed by atoms with Gasteiger partial charge >= 0.3 is 5.97 Å². The number of hydrogen-bond acceptors (Lipinski definition) is 5. The van der Waals surface area contributed by atoms with E-state index in [-0.39, 0.29) is 23.3 Å². The van der Waals surface area contributed by atoms with Crippen LogP contribution in [0, 0.1) is 10.8 Å². The third kappa shape index (κ3) is 18.6. The van der Waals surface area contributed by atoms with Crippen LogP contribution >= 0.6 is 35.7 Å². The van der Waals surface area contributed by atoms with Gasteiger partial charge in [-0.15, -0.1) is 11.8 Å². The number of carboxylic acid groups (broad SMARTS) is 1. The molecule has 0 aromatic carbocycles. The first-order valence-electron chi connectivity index (χ1n) is 13.5. The Balaban J connectivity index is 4.64. The quantitative estimate of drug-likeness (QED) is 0.132. The van der Waals surface area contributed by atoms with E-state index in [1.54, 1.807) is 25.6 Å². The van der Waals surface area contributed by atoms with Crippen molar-refractivity contribution in [2.24, 2.45) is 10.8 Å². The van der Waals surface area contributed by atoms with E-state index in [1.807, 2.05) is 13.8 Å². The second kappa shape index (κ2) is 17.3. The molecule has 206 valence electrons. The van der Waals surface area contributed by atoms with E-state index in [9.17, 15) is 14.7 Å². The standard InChI is InChI=1S/C28H53NO3S3/c1-9-10-11-12-13-14-15-16-17-18-19-34-25(33)35-22(20-27(5,6)24(31)32)23(30)29-28(7,8)21-26(2,3)4/h22H,9-21H2,1-8H3,(H,29,30)(H,31,32). The van der Waals surface area contributed by atoms with Crippen LogP contribution < -0.4 is 5.32 Å². The van der Waals surface area contributed by atoms with Gasteiger partial charge in [0.1, 0.15) is 3.53 Å². The molecule has 0 aliphatic carbocycles. The average Bonchev–Trinajstić information content (AvgIpc) is 2.69. The molecule has 0 heterocycles. The normalized spacial score (nSPS) is 13.5. The monoisotopic (exact) mass is 547 g/mol. The lowest BCUT2D eigenvalue weighted by Gasteiger charge is -2.35. The number of rotatable bonds is 18. The number of carbonyl (C=O) groups excluding carboxylic acids is 1. The van der Waals surface area contributed by atoms with Gasteiger partial charge in [-0.05, 0) is 58.1 Å². The molecule has 0 radical (unpaired) electrons. The highest BCUT2D eigenvalue weighted by Crippen LogP contribution is 2.34. The molecule has 0 fully saturated rings. The third-order valence-electron chi connectivity index (χ3n) is 5.96. The Morgan fingerprint density at radius 3 is 1.80 bits per heavy atom. The molecule has 0 saturated heterocycles. The van der Waals surface area contributed by atoms with Crippen molar-refractivity contribution in [2.75, 3.05) is 5.75 Å². The summed E-state index contributed by atoms with van der Waals surface area (Å²) in [6.45, 7) is 16.1. The molecule has 35 heavy (non-hydrogen) atoms. The minimum Gasteiger partial charge on any atom is -0.481 e. The van der Waals surface area contributed by atoms with Crippen LogP contribution in [0.25, 0.3) is 0 Å². The van der Waals surface area contributed by atoms with E-state index in [2.05, 4.69) is 33.0 Å². The van der Waals surface area contributed by atoms with Gasteiger partial charge in [0.25, 0.3) is 0 Å². The molecule has 0 spiro atoms. The molecule has 0 bridgehead atoms. The summed E-state index contributed by atoms with van der Waals surface area (Å²) in [5, 5.41) is 12.3. The Kier molecular flexibility index (Phi) is 17.1. The van der Waals surface area contributed by atoms with Crippen LogP contribution in [0.15, 0.2) is 0 Å². The molecular weight excluding hydrogens is 495 g/mol. The van der Waals surface area contributed by atoms with E-state index < -0.39 is 16.6 Å². The van der Waals surface area contributed by atoms with E-state index >= 15 is 0 Å². The van der Waals surface area contributed by atoms with Crippen LogP contribution in [0.2, 0.25) is 0 Å². The molecule has 1 unspecified atom stereocenters. The number of carbonyl (C=O) groups is 2. The van der Waals surface area contributed by atoms with Gasteiger partial charge in [0, 0.05) is 5.54 Å². The summed E-state index contributed by atoms with van der Waals surface area (Å²) in [6.07, 6.45) is 14.1. The number of unbranched alkanes of at least 4 members (excludes halogenated alkanes) is 9. The summed E-state index contributed by atoms with van der Waals surface area (Å²) in [7, 11) is 0. The Labute approximate surface area is 230 Å². The van der Waals surface area contributed by atoms with Crippen molar-refractivity contribution in [1.82, 2.24) is 5.32 Å². The van der Waals surface area contributed by atoms with Crippen LogP contribution in [-0.2, 0) is 9.59 Å². The summed E-state index contributed by atoms with van der Waals surface area (Å²) >= 11 is 8.59. The number of thioether (sulfide) groups is 2. The largest absolute Gasteiger partial charge is 0.481 e. The molecule has 2 N–H and O–H groups in total. The average molecular weight is 548 g/mol. The molecular formula is C28H53NO3S3. The predicted molar refractivity (Wildman–Crippen MR) is 161 cm³/mol. The predicted octanol–water partition coefficient (Wildman–Crippen LogP) is 8.86. The second-order valence-electron chi connectivity index (χ2n) is 12.4. The minimum atomic E-state index is -1.00. The van der Waals surface area contributed by atoms with Gasteiger partial charge in [0.2, 0.25) is 5.91 Å². The molecule has 0 saturated carbocycles. The number of aliphatic carboxylic acids is 1. The highest BCUT2D eigenvalue weighted by molar-refractivity contribution is 8.47. The summed E-state index contributed by atoms with van der Waals surface area (Å²) in [5.41, 5.74) is -1.31. The van der Waals surface area contributed by atoms with Crippen molar-refractivity contribution < 1.29 is 14.7 Å². The summed E-state index contributed by atoms with van der Waals surface area (Å²) < 4.78 is 0.732. The van der Waals surface area contributed by atoms with Crippen molar-refractivity contribution >= 4 is 51.1 Å². The molecule has 0 aliphatic rings. The number of hydrogen-bond donors (Lipinski definition) is 2. The fourth-order valence-corrected chi connectivity index (χ4v) is 7.30. The van der Waals surface area contributed by atoms with Crippen LogP contribution in [0.3, 0.4) is 0 Å². The molecule has 0 rings (SSSR count). The first kappa shape index (κ1) is 34.7. The fourth-order valence-electron chi connectivity index (χ4n) is 4.42. The van der Waals surface area contributed by atoms with E-state index in [4.69, 9.17) is 12.2 Å². The number of thiocarbonyl (C=S) groups is 1. The molecule has 0 aromatic rings. The maximum Gasteiger partial charge on any atom is 0.309 e. The lowest BCUT2D eigenvalue weighted by molar-refractivity contribution is -0.147. The SMILES string of the molecule is CCCCCCCCCCCCSC(=S)SC(CC(C)(C)C(=O)O)C(=O)NC(C)(C)CC(C)(C)C. The highest BCUT2D eigenvalue weighted by atomic mass is 32.2. The van der Waals surface area contributed by atoms with Gasteiger partial charge in [-0.3, -0.25) is 9.59 Å². The van der Waals surface area contributed by atoms with Crippen LogP contribution in [0.4, 0.5) is 0 Å². The Morgan fingerprint density at radius 2 is 1.34 bits per heavy atom. The minimum absolute atomic E-state index is 0.0694. The summed E-state index contributed by atoms with van der Waals surface area (Å²) in [4.78, 5) is 25.0. The first-order valence-corrected chi connectivity index (χ1v) is 15.8. The zero-order valence-electron chi connectivity index (χ0n) is 23.8. The third-order valence-corrected chi connectivity index (χ3v) is 8.83. The fraction of sp³-hybridized carbons (Fsp3) is 0.893. The maximum absolute atomic E-state index is 13.2. The van der Waals surface area contributed by atoms with Crippen molar-refractivity contribution in [1.29, 1.82) is 0 Å². The van der Waals surface area contributed by atoms with Gasteiger partial charge in [-0.2, -0.15) is 0 Å². The van der Waals surface area contributed by atoms with Gasteiger partial charge < -0.3 is 10.4 Å². The first-order chi connectivity index (χ1) is 16.1. The van der Waals surface area contributed by atoms with Gasteiger partial charge in [0.15, 0.2) is 0 Å². The molecule has 1 amide bonds. The van der Waals surface area contributed by atoms with E-state index in [0.717, 1.165) is 22.1 Å². The number of nitrogens with one attached hydrogen (secondary N) is 1. The van der Waals surface area contributed by atoms with E-state index in [0.29, 0.717) is 0 Å². The van der Waals surface area contributed by atoms with Gasteiger partial charge in [0.05, 0.1) is 10.7 Å². The lowest BCUT2D eigenvalue weighted by Crippen LogP contribution is -2.50. The number of carboxylic acids is 1. The van der Waals surface area contributed by atoms with Crippen molar-refractivity contribution in [3.05, 3.63) is 0 Å². The Morgan fingerprint density at radius 1 is 0.857 bits per heavy atom. The zero-order valence-corrected chi connectivity index (χ0v) is 26.2. The van der Waals surface area contributed by atoms with Crippen molar-refractivity contribution in [2.45, 2.75) is 143 Å². The maximum atomic E-state index is 13.2. The Hall–Kier alpha value is -0.270. The van der Waals surface area contributed by atoms with Crippen molar-refractivity contribution in [3.63, 3.8) is 0 Å². The lowest BCUT2D eigenvalue weighted by atomic mass is 9.81. The van der Waals surface area contributed by atoms with Gasteiger partial charge in [-0.25, -0.2) is 0 Å². The topological polar surface area (TPSA) is 66.4 Å². The molecule has 4 nitrogen and oxygen atoms in total. The summed E-state index contributed by atoms with van der Waals surface area (Å²) in [5.74, 6) is -0.0663. The van der Waals surface area contributed by atoms with Crippen LogP contribution in [0.5, 0.6) is 0 Å². The molecule has 7 heteroatoms. The number of amides is 1. The summed E-state index contributed by atoms with van der Waals surface area (Å²) in [6, 6.07) is 0. The molecule has 1 atom stereocenters. The van der Waals surface area contributed by atoms with Gasteiger partial charge in [-0.1, -0.05) is 109 Å². The second-order valence-corrected chi connectivity index (χ2v) is 15.9. The van der Waals surface area contributed by atoms with Crippen LogP contribution in [0.1, 0.15) is 132 Å². The smallest absolute Gasteiger partial charge is 0.309 e. The molecule has 0 aliphatic heterocycles. The zero-order chi connectivity index (χ0) is 27.1. The van der Waals surface area contributed by atoms with E-state index in [1.165, 1.54) is 69.5 Å². The molecule has 0 aromatic heterocycles. The van der Waals surface area contributed by atoms with Crippen LogP contribution in [-0.4, -0.2) is 37.1 Å². The highest BCUT2D eigenvalue weighted by Gasteiger charge is 2.37.